The Balaban J connectivity index is 2.12. The fourth-order valence-corrected chi connectivity index (χ4v) is 2.50. The molecule has 0 atom stereocenters. The molecule has 0 fully saturated rings. The van der Waals surface area contributed by atoms with Gasteiger partial charge < -0.3 is 5.43 Å². The summed E-state index contributed by atoms with van der Waals surface area (Å²) in [5, 5.41) is 0.0591. The third-order valence-corrected chi connectivity index (χ3v) is 3.54. The third-order valence-electron chi connectivity index (χ3n) is 3.25. The maximum atomic E-state index is 13.2. The Morgan fingerprint density at radius 3 is 2.84 bits per heavy atom. The summed E-state index contributed by atoms with van der Waals surface area (Å²) in [5.41, 5.74) is 5.35. The summed E-state index contributed by atoms with van der Waals surface area (Å²) in [5.74, 6) is 6.19. The van der Waals surface area contributed by atoms with Crippen LogP contribution in [0, 0.1) is 5.82 Å². The number of nitrogens with one attached hydrogen (secondary N) is 1. The number of rotatable bonds is 2. The first-order valence-electron chi connectivity index (χ1n) is 6.01. The molecule has 1 aliphatic carbocycles. The average Bonchev–Trinajstić information content (AvgIpc) is 2.89. The fraction of sp³-hybridized carbons (Fsp3) is 0.231. The van der Waals surface area contributed by atoms with Gasteiger partial charge in [0.1, 0.15) is 11.6 Å². The lowest BCUT2D eigenvalue weighted by molar-refractivity contribution is 0.628. The van der Waals surface area contributed by atoms with E-state index in [2.05, 4.69) is 15.4 Å². The molecule has 3 N–H and O–H groups in total. The van der Waals surface area contributed by atoms with E-state index in [4.69, 9.17) is 17.4 Å². The molecular weight excluding hydrogens is 267 g/mol. The van der Waals surface area contributed by atoms with Gasteiger partial charge in [-0.05, 0) is 37.5 Å². The first-order valence-corrected chi connectivity index (χ1v) is 6.38. The van der Waals surface area contributed by atoms with E-state index in [1.807, 2.05) is 0 Å². The SMILES string of the molecule is NNc1nc(-c2ccc(F)c(Cl)c2)nc2c1CCC2. The van der Waals surface area contributed by atoms with Crippen LogP contribution in [0.15, 0.2) is 18.2 Å². The van der Waals surface area contributed by atoms with E-state index in [9.17, 15) is 4.39 Å². The number of hydrogen-bond donors (Lipinski definition) is 2. The summed E-state index contributed by atoms with van der Waals surface area (Å²) in [6, 6.07) is 4.44. The van der Waals surface area contributed by atoms with E-state index in [-0.39, 0.29) is 5.02 Å². The maximum absolute atomic E-state index is 13.2. The second-order valence-corrected chi connectivity index (χ2v) is 4.86. The minimum atomic E-state index is -0.455. The van der Waals surface area contributed by atoms with Gasteiger partial charge in [0.15, 0.2) is 5.82 Å². The lowest BCUT2D eigenvalue weighted by Crippen LogP contribution is -2.12. The van der Waals surface area contributed by atoms with Crippen molar-refractivity contribution in [2.75, 3.05) is 5.43 Å². The monoisotopic (exact) mass is 278 g/mol. The molecule has 1 aromatic heterocycles. The highest BCUT2D eigenvalue weighted by molar-refractivity contribution is 6.31. The zero-order chi connectivity index (χ0) is 13.4. The van der Waals surface area contributed by atoms with Crippen molar-refractivity contribution in [3.63, 3.8) is 0 Å². The molecule has 0 unspecified atom stereocenters. The molecule has 0 radical (unpaired) electrons. The number of halogens is 2. The van der Waals surface area contributed by atoms with Crippen molar-refractivity contribution in [1.29, 1.82) is 0 Å². The van der Waals surface area contributed by atoms with Crippen LogP contribution in [0.1, 0.15) is 17.7 Å². The molecule has 2 aromatic rings. The van der Waals surface area contributed by atoms with E-state index < -0.39 is 5.82 Å². The molecule has 0 saturated heterocycles. The van der Waals surface area contributed by atoms with Gasteiger partial charge in [0.25, 0.3) is 0 Å². The number of nitrogen functional groups attached to an aromatic ring is 1. The highest BCUT2D eigenvalue weighted by Gasteiger charge is 2.19. The summed E-state index contributed by atoms with van der Waals surface area (Å²) in [4.78, 5) is 8.89. The van der Waals surface area contributed by atoms with Crippen LogP contribution in [-0.2, 0) is 12.8 Å². The predicted molar refractivity (Wildman–Crippen MR) is 72.3 cm³/mol. The molecule has 0 aliphatic heterocycles. The van der Waals surface area contributed by atoms with Crippen LogP contribution >= 0.6 is 11.6 Å². The number of nitrogens with two attached hydrogens (primary N) is 1. The van der Waals surface area contributed by atoms with E-state index in [1.165, 1.54) is 12.1 Å². The third kappa shape index (κ3) is 2.15. The van der Waals surface area contributed by atoms with Crippen molar-refractivity contribution in [3.05, 3.63) is 40.3 Å². The van der Waals surface area contributed by atoms with Crippen LogP contribution in [0.25, 0.3) is 11.4 Å². The van der Waals surface area contributed by atoms with Gasteiger partial charge in [0, 0.05) is 16.8 Å². The summed E-state index contributed by atoms with van der Waals surface area (Å²) in [6.45, 7) is 0. The Labute approximate surface area is 114 Å². The Morgan fingerprint density at radius 1 is 1.26 bits per heavy atom. The molecular formula is C13H12ClFN4. The smallest absolute Gasteiger partial charge is 0.161 e. The molecule has 98 valence electrons. The average molecular weight is 279 g/mol. The van der Waals surface area contributed by atoms with Gasteiger partial charge in [-0.2, -0.15) is 0 Å². The molecule has 0 saturated carbocycles. The van der Waals surface area contributed by atoms with Gasteiger partial charge in [-0.25, -0.2) is 20.2 Å². The second kappa shape index (κ2) is 4.75. The highest BCUT2D eigenvalue weighted by atomic mass is 35.5. The number of hydrazine groups is 1. The quantitative estimate of drug-likeness (QED) is 0.655. The van der Waals surface area contributed by atoms with Crippen molar-refractivity contribution >= 4 is 17.4 Å². The van der Waals surface area contributed by atoms with Gasteiger partial charge in [0.2, 0.25) is 0 Å². The Bertz CT molecular complexity index is 645. The van der Waals surface area contributed by atoms with Crippen LogP contribution < -0.4 is 11.3 Å². The first-order chi connectivity index (χ1) is 9.19. The number of aromatic nitrogens is 2. The topological polar surface area (TPSA) is 63.8 Å². The van der Waals surface area contributed by atoms with E-state index in [1.54, 1.807) is 6.07 Å². The summed E-state index contributed by atoms with van der Waals surface area (Å²) < 4.78 is 13.2. The van der Waals surface area contributed by atoms with Gasteiger partial charge in [0.05, 0.1) is 5.02 Å². The Kier molecular flexibility index (Phi) is 3.08. The van der Waals surface area contributed by atoms with Gasteiger partial charge in [-0.3, -0.25) is 0 Å². The lowest BCUT2D eigenvalue weighted by Gasteiger charge is -2.09. The number of aryl methyl sites for hydroxylation is 1. The zero-order valence-corrected chi connectivity index (χ0v) is 10.8. The normalized spacial score (nSPS) is 13.4. The molecule has 0 amide bonds. The van der Waals surface area contributed by atoms with Crippen LogP contribution in [-0.4, -0.2) is 9.97 Å². The summed E-state index contributed by atoms with van der Waals surface area (Å²) >= 11 is 5.78. The van der Waals surface area contributed by atoms with Gasteiger partial charge >= 0.3 is 0 Å². The van der Waals surface area contributed by atoms with E-state index in [0.29, 0.717) is 17.2 Å². The molecule has 0 spiro atoms. The maximum Gasteiger partial charge on any atom is 0.161 e. The fourth-order valence-electron chi connectivity index (χ4n) is 2.32. The van der Waals surface area contributed by atoms with Crippen LogP contribution in [0.4, 0.5) is 10.2 Å². The standard InChI is InChI=1S/C13H12ClFN4/c14-9-6-7(4-5-10(9)15)12-17-11-3-1-2-8(11)13(18-12)19-16/h4-6H,1-3,16H2,(H,17,18,19). The molecule has 6 heteroatoms. The van der Waals surface area contributed by atoms with Gasteiger partial charge in [-0.1, -0.05) is 11.6 Å². The lowest BCUT2D eigenvalue weighted by atomic mass is 10.2. The van der Waals surface area contributed by atoms with Crippen molar-refractivity contribution in [3.8, 4) is 11.4 Å². The largest absolute Gasteiger partial charge is 0.308 e. The number of hydrogen-bond acceptors (Lipinski definition) is 4. The van der Waals surface area contributed by atoms with Crippen LogP contribution in [0.2, 0.25) is 5.02 Å². The second-order valence-electron chi connectivity index (χ2n) is 4.45. The summed E-state index contributed by atoms with van der Waals surface area (Å²) in [7, 11) is 0. The van der Waals surface area contributed by atoms with E-state index >= 15 is 0 Å². The number of nitrogens with zero attached hydrogens (tertiary/aromatic N) is 2. The Hall–Kier alpha value is -1.72. The molecule has 1 aliphatic rings. The minimum Gasteiger partial charge on any atom is -0.308 e. The first kappa shape index (κ1) is 12.3. The van der Waals surface area contributed by atoms with Crippen molar-refractivity contribution < 1.29 is 4.39 Å². The molecule has 1 aromatic carbocycles. The molecule has 0 bridgehead atoms. The van der Waals surface area contributed by atoms with Crippen molar-refractivity contribution in [2.45, 2.75) is 19.3 Å². The van der Waals surface area contributed by atoms with Crippen molar-refractivity contribution in [2.24, 2.45) is 5.84 Å². The van der Waals surface area contributed by atoms with Crippen LogP contribution in [0.3, 0.4) is 0 Å². The van der Waals surface area contributed by atoms with Crippen molar-refractivity contribution in [1.82, 2.24) is 9.97 Å². The molecule has 1 heterocycles. The summed E-state index contributed by atoms with van der Waals surface area (Å²) in [6.07, 6.45) is 2.89. The highest BCUT2D eigenvalue weighted by Crippen LogP contribution is 2.29. The zero-order valence-electron chi connectivity index (χ0n) is 10.1. The predicted octanol–water partition coefficient (Wildman–Crippen LogP) is 2.71. The minimum absolute atomic E-state index is 0.0591. The van der Waals surface area contributed by atoms with Crippen LogP contribution in [0.5, 0.6) is 0 Å². The number of benzene rings is 1. The number of fused-ring (bicyclic) bond motifs is 1. The molecule has 4 nitrogen and oxygen atoms in total. The molecule has 3 rings (SSSR count). The number of anilines is 1. The van der Waals surface area contributed by atoms with Gasteiger partial charge in [-0.15, -0.1) is 0 Å². The van der Waals surface area contributed by atoms with E-state index in [0.717, 1.165) is 30.5 Å². The molecule has 19 heavy (non-hydrogen) atoms. The Morgan fingerprint density at radius 2 is 2.11 bits per heavy atom.